The number of carboxylic acid groups (broad SMARTS) is 2. The molecule has 0 saturated heterocycles. The Bertz CT molecular complexity index is 75.6. The van der Waals surface area contributed by atoms with Crippen LogP contribution >= 0.6 is 0 Å². The normalized spacial score (nSPS) is 4.80. The second-order valence-corrected chi connectivity index (χ2v) is 0.685. The van der Waals surface area contributed by atoms with Gasteiger partial charge in [-0.3, -0.25) is 0 Å². The van der Waals surface area contributed by atoms with E-state index in [0.717, 1.165) is 0 Å². The van der Waals surface area contributed by atoms with Crippen molar-refractivity contribution in [2.75, 3.05) is 0 Å². The van der Waals surface area contributed by atoms with Crippen LogP contribution in [0, 0.1) is 0 Å². The Labute approximate surface area is 99.1 Å². The van der Waals surface area contributed by atoms with Crippen LogP contribution in [-0.2, 0) is 0 Å². The SMILES string of the molecule is NC(N)=O.O=C(O)O.[K+].[OH-]. The molecule has 10 heavy (non-hydrogen) atoms. The number of carbonyl (C=O) groups excluding carboxylic acids is 1. The minimum atomic E-state index is -1.83. The quantitative estimate of drug-likeness (QED) is 0.278. The van der Waals surface area contributed by atoms with Crippen LogP contribution in [0.1, 0.15) is 0 Å². The largest absolute Gasteiger partial charge is 1.00 e. The summed E-state index contributed by atoms with van der Waals surface area (Å²) in [5.74, 6) is 0. The molecule has 0 atom stereocenters. The number of hydrogen-bond acceptors (Lipinski definition) is 3. The molecule has 0 heterocycles. The number of carbonyl (C=O) groups is 2. The third-order valence-electron chi connectivity index (χ3n) is 0. The summed E-state index contributed by atoms with van der Waals surface area (Å²) in [6, 6.07) is -0.833. The van der Waals surface area contributed by atoms with E-state index in [0.29, 0.717) is 0 Å². The molecule has 8 heteroatoms. The molecule has 0 bridgehead atoms. The molecule has 2 amide bonds. The summed E-state index contributed by atoms with van der Waals surface area (Å²) in [6.45, 7) is 0. The fraction of sp³-hybridized carbons (Fsp3) is 0. The van der Waals surface area contributed by atoms with Crippen molar-refractivity contribution in [3.05, 3.63) is 0 Å². The Morgan fingerprint density at radius 1 is 1.10 bits per heavy atom. The molecular formula is C2H7KN2O5. The molecule has 0 aromatic carbocycles. The van der Waals surface area contributed by atoms with Crippen molar-refractivity contribution < 1.29 is 76.7 Å². The number of hydrogen-bond donors (Lipinski definition) is 4. The van der Waals surface area contributed by atoms with E-state index in [4.69, 9.17) is 19.8 Å². The first-order chi connectivity index (χ1) is 3.46. The summed E-state index contributed by atoms with van der Waals surface area (Å²) in [6.07, 6.45) is -1.83. The molecule has 0 saturated carbocycles. The van der Waals surface area contributed by atoms with Gasteiger partial charge < -0.3 is 27.2 Å². The number of rotatable bonds is 0. The van der Waals surface area contributed by atoms with Gasteiger partial charge in [0.15, 0.2) is 0 Å². The van der Waals surface area contributed by atoms with Gasteiger partial charge >= 0.3 is 63.6 Å². The van der Waals surface area contributed by atoms with Gasteiger partial charge in [0, 0.05) is 0 Å². The Morgan fingerprint density at radius 3 is 1.10 bits per heavy atom. The molecule has 7 nitrogen and oxygen atoms in total. The van der Waals surface area contributed by atoms with E-state index < -0.39 is 12.2 Å². The van der Waals surface area contributed by atoms with Crippen LogP contribution in [0.4, 0.5) is 9.59 Å². The van der Waals surface area contributed by atoms with E-state index in [2.05, 4.69) is 11.5 Å². The smallest absolute Gasteiger partial charge is 0.870 e. The van der Waals surface area contributed by atoms with Gasteiger partial charge in [0.2, 0.25) is 0 Å². The molecule has 7 N–H and O–H groups in total. The van der Waals surface area contributed by atoms with Crippen LogP contribution in [-0.4, -0.2) is 27.9 Å². The molecule has 0 spiro atoms. The maximum Gasteiger partial charge on any atom is 1.00 e. The second-order valence-electron chi connectivity index (χ2n) is 0.685. The fourth-order valence-electron chi connectivity index (χ4n) is 0. The zero-order valence-electron chi connectivity index (χ0n) is 5.31. The fourth-order valence-corrected chi connectivity index (χ4v) is 0. The van der Waals surface area contributed by atoms with Crippen molar-refractivity contribution >= 4 is 12.2 Å². The Kier molecular flexibility index (Phi) is 36.1. The van der Waals surface area contributed by atoms with Crippen LogP contribution in [0.2, 0.25) is 0 Å². The van der Waals surface area contributed by atoms with Crippen molar-refractivity contribution in [1.82, 2.24) is 0 Å². The molecule has 0 aromatic heterocycles. The van der Waals surface area contributed by atoms with Crippen molar-refractivity contribution in [1.29, 1.82) is 0 Å². The number of primary amides is 2. The predicted octanol–water partition coefficient (Wildman–Crippen LogP) is -3.93. The summed E-state index contributed by atoms with van der Waals surface area (Å²) in [5, 5.41) is 13.9. The van der Waals surface area contributed by atoms with Crippen molar-refractivity contribution in [3.8, 4) is 0 Å². The van der Waals surface area contributed by atoms with E-state index in [1.807, 2.05) is 0 Å². The summed E-state index contributed by atoms with van der Waals surface area (Å²) in [4.78, 5) is 17.6. The monoisotopic (exact) mass is 178 g/mol. The third kappa shape index (κ3) is 22300. The molecule has 56 valence electrons. The first-order valence-electron chi connectivity index (χ1n) is 1.43. The molecule has 0 aromatic rings. The number of urea groups is 1. The van der Waals surface area contributed by atoms with E-state index in [9.17, 15) is 0 Å². The summed E-state index contributed by atoms with van der Waals surface area (Å²) in [5.41, 5.74) is 8.50. The van der Waals surface area contributed by atoms with Crippen LogP contribution < -0.4 is 62.9 Å². The molecule has 0 rings (SSSR count). The van der Waals surface area contributed by atoms with E-state index >= 15 is 0 Å². The first kappa shape index (κ1) is 22.5. The minimum absolute atomic E-state index is 0. The van der Waals surface area contributed by atoms with Gasteiger partial charge in [-0.15, -0.1) is 0 Å². The summed E-state index contributed by atoms with van der Waals surface area (Å²) >= 11 is 0. The van der Waals surface area contributed by atoms with Crippen molar-refractivity contribution in [2.45, 2.75) is 0 Å². The summed E-state index contributed by atoms with van der Waals surface area (Å²) in [7, 11) is 0. The van der Waals surface area contributed by atoms with Crippen LogP contribution in [0.25, 0.3) is 0 Å². The molecule has 0 aliphatic heterocycles. The zero-order valence-corrected chi connectivity index (χ0v) is 8.44. The molecule has 0 aliphatic carbocycles. The van der Waals surface area contributed by atoms with Gasteiger partial charge in [-0.2, -0.15) is 0 Å². The van der Waals surface area contributed by atoms with Gasteiger partial charge in [0.1, 0.15) is 0 Å². The van der Waals surface area contributed by atoms with Gasteiger partial charge in [-0.05, 0) is 0 Å². The predicted molar refractivity (Wildman–Crippen MR) is 26.4 cm³/mol. The molecule has 0 fully saturated rings. The maximum absolute atomic E-state index is 9.00. The Morgan fingerprint density at radius 2 is 1.10 bits per heavy atom. The standard InChI is InChI=1S/CH4N2O.CH2O3.K.H2O/c2*2-1(3)4;;/h(H4,2,3,4);(H2,2,3,4);;1H2/q;;+1;/p-1. The molecule has 0 aliphatic rings. The van der Waals surface area contributed by atoms with Crippen molar-refractivity contribution in [3.63, 3.8) is 0 Å². The molecule has 0 radical (unpaired) electrons. The van der Waals surface area contributed by atoms with Gasteiger partial charge in [-0.25, -0.2) is 9.59 Å². The number of amides is 2. The van der Waals surface area contributed by atoms with Crippen LogP contribution in [0.3, 0.4) is 0 Å². The second kappa shape index (κ2) is 16.1. The molecule has 0 unspecified atom stereocenters. The topological polar surface area (TPSA) is 157 Å². The van der Waals surface area contributed by atoms with Crippen LogP contribution in [0.5, 0.6) is 0 Å². The Hall–Kier alpha value is 0.136. The van der Waals surface area contributed by atoms with E-state index in [1.165, 1.54) is 0 Å². The van der Waals surface area contributed by atoms with Crippen LogP contribution in [0.15, 0.2) is 0 Å². The van der Waals surface area contributed by atoms with Crippen molar-refractivity contribution in [2.24, 2.45) is 11.5 Å². The van der Waals surface area contributed by atoms with E-state index in [1.54, 1.807) is 0 Å². The first-order valence-corrected chi connectivity index (χ1v) is 1.43. The van der Waals surface area contributed by atoms with E-state index in [-0.39, 0.29) is 56.9 Å². The Balaban J connectivity index is -0.0000000300. The maximum atomic E-state index is 9.00. The summed E-state index contributed by atoms with van der Waals surface area (Å²) < 4.78 is 0. The average Bonchev–Trinajstić information content (AvgIpc) is 1.25. The zero-order chi connectivity index (χ0) is 7.15. The minimum Gasteiger partial charge on any atom is -0.870 e. The van der Waals surface area contributed by atoms with Gasteiger partial charge in [0.05, 0.1) is 0 Å². The van der Waals surface area contributed by atoms with Gasteiger partial charge in [0.25, 0.3) is 0 Å². The molecular weight excluding hydrogens is 171 g/mol. The van der Waals surface area contributed by atoms with Gasteiger partial charge in [-0.1, -0.05) is 0 Å². The number of nitrogens with two attached hydrogens (primary N) is 2. The third-order valence-corrected chi connectivity index (χ3v) is 0. The average molecular weight is 178 g/mol.